The minimum Gasteiger partial charge on any atom is -0.467 e. The van der Waals surface area contributed by atoms with E-state index < -0.39 is 0 Å². The van der Waals surface area contributed by atoms with Gasteiger partial charge < -0.3 is 14.2 Å². The second-order valence-electron chi connectivity index (χ2n) is 8.14. The molecule has 2 aromatic heterocycles. The van der Waals surface area contributed by atoms with Gasteiger partial charge in [-0.15, -0.1) is 11.3 Å². The van der Waals surface area contributed by atoms with E-state index in [0.717, 1.165) is 40.4 Å². The highest BCUT2D eigenvalue weighted by Crippen LogP contribution is 2.33. The molecular formula is C24H27N3O3S. The fourth-order valence-corrected chi connectivity index (χ4v) is 5.11. The molecule has 0 bridgehead atoms. The second-order valence-corrected chi connectivity index (χ2v) is 9.17. The van der Waals surface area contributed by atoms with E-state index in [0.29, 0.717) is 24.5 Å². The Labute approximate surface area is 186 Å². The average molecular weight is 438 g/mol. The number of furan rings is 1. The maximum atomic E-state index is 12.9. The molecule has 3 heterocycles. The van der Waals surface area contributed by atoms with Crippen molar-refractivity contribution in [2.45, 2.75) is 39.2 Å². The van der Waals surface area contributed by atoms with Crippen LogP contribution >= 0.6 is 11.3 Å². The van der Waals surface area contributed by atoms with Gasteiger partial charge in [0.25, 0.3) is 11.8 Å². The van der Waals surface area contributed by atoms with Crippen LogP contribution in [0.15, 0.2) is 47.1 Å². The summed E-state index contributed by atoms with van der Waals surface area (Å²) < 4.78 is 5.35. The smallest absolute Gasteiger partial charge is 0.266 e. The van der Waals surface area contributed by atoms with E-state index in [1.54, 1.807) is 18.2 Å². The third-order valence-corrected chi connectivity index (χ3v) is 7.07. The maximum absolute atomic E-state index is 12.9. The van der Waals surface area contributed by atoms with E-state index in [9.17, 15) is 9.59 Å². The zero-order chi connectivity index (χ0) is 22.0. The lowest BCUT2D eigenvalue weighted by Gasteiger charge is -2.31. The predicted octanol–water partition coefficient (Wildman–Crippen LogP) is 4.64. The van der Waals surface area contributed by atoms with Crippen molar-refractivity contribution in [2.24, 2.45) is 0 Å². The molecule has 0 saturated carbocycles. The van der Waals surface area contributed by atoms with Crippen LogP contribution in [0.1, 0.15) is 60.8 Å². The van der Waals surface area contributed by atoms with Crippen molar-refractivity contribution in [3.63, 3.8) is 0 Å². The molecule has 1 fully saturated rings. The van der Waals surface area contributed by atoms with E-state index in [1.807, 2.05) is 55.1 Å². The van der Waals surface area contributed by atoms with Gasteiger partial charge in [-0.3, -0.25) is 9.59 Å². The highest BCUT2D eigenvalue weighted by molar-refractivity contribution is 7.13. The first-order valence-electron chi connectivity index (χ1n) is 10.5. The molecule has 0 spiro atoms. The van der Waals surface area contributed by atoms with Crippen LogP contribution in [-0.2, 0) is 6.54 Å². The number of carbonyl (C=O) groups is 2. The molecule has 31 heavy (non-hydrogen) atoms. The molecule has 0 aliphatic carbocycles. The van der Waals surface area contributed by atoms with Crippen molar-refractivity contribution in [1.82, 2.24) is 14.8 Å². The number of likely N-dealkylation sites (tertiary alicyclic amines) is 1. The summed E-state index contributed by atoms with van der Waals surface area (Å²) >= 11 is 1.49. The molecule has 0 radical (unpaired) electrons. The molecule has 2 amide bonds. The Morgan fingerprint density at radius 2 is 1.87 bits per heavy atom. The third kappa shape index (κ3) is 4.71. The molecule has 1 aliphatic rings. The molecule has 0 unspecified atom stereocenters. The summed E-state index contributed by atoms with van der Waals surface area (Å²) in [6.45, 7) is 5.75. The van der Waals surface area contributed by atoms with Crippen LogP contribution < -0.4 is 0 Å². The number of carbonyl (C=O) groups excluding carboxylic acids is 2. The van der Waals surface area contributed by atoms with E-state index in [-0.39, 0.29) is 17.7 Å². The van der Waals surface area contributed by atoms with E-state index >= 15 is 0 Å². The van der Waals surface area contributed by atoms with Gasteiger partial charge in [-0.2, -0.15) is 0 Å². The Kier molecular flexibility index (Phi) is 6.23. The number of hydrogen-bond donors (Lipinski definition) is 0. The molecule has 6 nitrogen and oxygen atoms in total. The first-order chi connectivity index (χ1) is 14.9. The number of benzene rings is 1. The SMILES string of the molecule is Cc1ccc(C(=O)N2CCC(c3nc(C)c(C(=O)N(C)Cc4ccco4)s3)CC2)cc1. The lowest BCUT2D eigenvalue weighted by atomic mass is 9.97. The predicted molar refractivity (Wildman–Crippen MR) is 120 cm³/mol. The average Bonchev–Trinajstić information content (AvgIpc) is 3.43. The molecule has 0 N–H and O–H groups in total. The van der Waals surface area contributed by atoms with Crippen LogP contribution in [-0.4, -0.2) is 46.7 Å². The Morgan fingerprint density at radius 1 is 1.16 bits per heavy atom. The third-order valence-electron chi connectivity index (χ3n) is 5.76. The van der Waals surface area contributed by atoms with Gasteiger partial charge in [0.2, 0.25) is 0 Å². The first kappa shape index (κ1) is 21.3. The summed E-state index contributed by atoms with van der Waals surface area (Å²) in [4.78, 5) is 34.7. The largest absolute Gasteiger partial charge is 0.467 e. The van der Waals surface area contributed by atoms with E-state index in [2.05, 4.69) is 0 Å². The number of nitrogens with zero attached hydrogens (tertiary/aromatic N) is 3. The molecular weight excluding hydrogens is 410 g/mol. The van der Waals surface area contributed by atoms with Crippen LogP contribution in [0.3, 0.4) is 0 Å². The summed E-state index contributed by atoms with van der Waals surface area (Å²) in [5.74, 6) is 1.08. The van der Waals surface area contributed by atoms with Crippen molar-refractivity contribution in [3.8, 4) is 0 Å². The van der Waals surface area contributed by atoms with Gasteiger partial charge in [-0.1, -0.05) is 17.7 Å². The number of amides is 2. The van der Waals surface area contributed by atoms with Crippen LogP contribution in [0.2, 0.25) is 0 Å². The Bertz CT molecular complexity index is 1050. The molecule has 7 heteroatoms. The summed E-state index contributed by atoms with van der Waals surface area (Å²) in [7, 11) is 1.78. The number of hydrogen-bond acceptors (Lipinski definition) is 5. The van der Waals surface area contributed by atoms with Gasteiger partial charge in [0.1, 0.15) is 10.6 Å². The van der Waals surface area contributed by atoms with Crippen LogP contribution in [0.4, 0.5) is 0 Å². The number of thiazole rings is 1. The van der Waals surface area contributed by atoms with Crippen LogP contribution in [0, 0.1) is 13.8 Å². The summed E-state index contributed by atoms with van der Waals surface area (Å²) in [6, 6.07) is 11.4. The van der Waals surface area contributed by atoms with Crippen molar-refractivity contribution >= 4 is 23.2 Å². The van der Waals surface area contributed by atoms with Crippen molar-refractivity contribution in [3.05, 3.63) is 75.1 Å². The molecule has 3 aromatic rings. The normalized spacial score (nSPS) is 14.6. The zero-order valence-electron chi connectivity index (χ0n) is 18.1. The van der Waals surface area contributed by atoms with Gasteiger partial charge in [0.15, 0.2) is 0 Å². The molecule has 0 atom stereocenters. The Morgan fingerprint density at radius 3 is 2.52 bits per heavy atom. The minimum atomic E-state index is -0.0374. The number of aryl methyl sites for hydroxylation is 2. The molecule has 4 rings (SSSR count). The van der Waals surface area contributed by atoms with Gasteiger partial charge in [0.05, 0.1) is 23.5 Å². The quantitative estimate of drug-likeness (QED) is 0.583. The van der Waals surface area contributed by atoms with E-state index in [4.69, 9.17) is 9.40 Å². The van der Waals surface area contributed by atoms with Gasteiger partial charge >= 0.3 is 0 Å². The fraction of sp³-hybridized carbons (Fsp3) is 0.375. The highest BCUT2D eigenvalue weighted by atomic mass is 32.1. The minimum absolute atomic E-state index is 0.0374. The van der Waals surface area contributed by atoms with Gasteiger partial charge in [0, 0.05) is 31.6 Å². The summed E-state index contributed by atoms with van der Waals surface area (Å²) in [5.41, 5.74) is 2.66. The lowest BCUT2D eigenvalue weighted by Crippen LogP contribution is -2.37. The molecule has 1 aromatic carbocycles. The number of rotatable bonds is 5. The van der Waals surface area contributed by atoms with Crippen molar-refractivity contribution < 1.29 is 14.0 Å². The van der Waals surface area contributed by atoms with Crippen LogP contribution in [0.25, 0.3) is 0 Å². The zero-order valence-corrected chi connectivity index (χ0v) is 18.9. The van der Waals surface area contributed by atoms with Crippen molar-refractivity contribution in [1.29, 1.82) is 0 Å². The lowest BCUT2D eigenvalue weighted by molar-refractivity contribution is 0.0712. The van der Waals surface area contributed by atoms with Crippen LogP contribution in [0.5, 0.6) is 0 Å². The van der Waals surface area contributed by atoms with E-state index in [1.165, 1.54) is 11.3 Å². The monoisotopic (exact) mass is 437 g/mol. The summed E-state index contributed by atoms with van der Waals surface area (Å²) in [6.07, 6.45) is 3.33. The number of aromatic nitrogens is 1. The fourth-order valence-electron chi connectivity index (χ4n) is 3.88. The highest BCUT2D eigenvalue weighted by Gasteiger charge is 2.28. The summed E-state index contributed by atoms with van der Waals surface area (Å²) in [5, 5.41) is 0.995. The molecule has 1 saturated heterocycles. The number of piperidine rings is 1. The molecule has 1 aliphatic heterocycles. The van der Waals surface area contributed by atoms with Gasteiger partial charge in [-0.25, -0.2) is 4.98 Å². The topological polar surface area (TPSA) is 66.7 Å². The second kappa shape index (κ2) is 9.06. The maximum Gasteiger partial charge on any atom is 0.266 e. The Balaban J connectivity index is 1.38. The molecule has 162 valence electrons. The Hall–Kier alpha value is -2.93. The first-order valence-corrected chi connectivity index (χ1v) is 11.3. The van der Waals surface area contributed by atoms with Gasteiger partial charge in [-0.05, 0) is 51.0 Å². The van der Waals surface area contributed by atoms with Crippen molar-refractivity contribution in [2.75, 3.05) is 20.1 Å². The standard InChI is InChI=1S/C24H27N3O3S/c1-16-6-8-19(9-7-16)23(28)27-12-10-18(11-13-27)22-25-17(2)21(31-22)24(29)26(3)15-20-5-4-14-30-20/h4-9,14,18H,10-13,15H2,1-3H3.